The Morgan fingerprint density at radius 2 is 1.85 bits per heavy atom. The molecule has 0 amide bonds. The first-order valence-corrected chi connectivity index (χ1v) is 4.98. The molecule has 2 N–H and O–H groups in total. The highest BCUT2D eigenvalue weighted by molar-refractivity contribution is 7.30. The minimum absolute atomic E-state index is 1.22. The lowest BCUT2D eigenvalue weighted by atomic mass is 10.1. The standard InChI is InChI=1S/C9H10.H3O3P/c1-3-9-7-5-4-6-8(9)2;1-4(2)3/h3-7H,1H2,2H3;4H,(H2,1,2,3). The van der Waals surface area contributed by atoms with Gasteiger partial charge in [-0.15, -0.1) is 0 Å². The van der Waals surface area contributed by atoms with Crippen LogP contribution in [0.15, 0.2) is 30.8 Å². The van der Waals surface area contributed by atoms with E-state index >= 15 is 0 Å². The zero-order valence-corrected chi connectivity index (χ0v) is 8.40. The normalized spacial score (nSPS) is 8.92. The van der Waals surface area contributed by atoms with Crippen LogP contribution in [0.5, 0.6) is 0 Å². The van der Waals surface area contributed by atoms with E-state index in [2.05, 4.69) is 25.6 Å². The highest BCUT2D eigenvalue weighted by atomic mass is 31.1. The second-order valence-electron chi connectivity index (χ2n) is 2.34. The fourth-order valence-corrected chi connectivity index (χ4v) is 0.816. The van der Waals surface area contributed by atoms with E-state index in [1.807, 2.05) is 18.2 Å². The topological polar surface area (TPSA) is 57.5 Å². The summed E-state index contributed by atoms with van der Waals surface area (Å²) in [4.78, 5) is 14.3. The zero-order valence-electron chi connectivity index (χ0n) is 7.40. The van der Waals surface area contributed by atoms with Crippen LogP contribution in [-0.2, 0) is 4.57 Å². The maximum absolute atomic E-state index is 8.74. The fourth-order valence-electron chi connectivity index (χ4n) is 0.816. The van der Waals surface area contributed by atoms with Gasteiger partial charge >= 0.3 is 8.25 Å². The number of aryl methyl sites for hydroxylation is 1. The van der Waals surface area contributed by atoms with Crippen LogP contribution in [0.4, 0.5) is 0 Å². The summed E-state index contributed by atoms with van der Waals surface area (Å²) in [6.07, 6.45) is 1.87. The molecule has 0 spiro atoms. The van der Waals surface area contributed by atoms with Gasteiger partial charge < -0.3 is 9.79 Å². The number of benzene rings is 1. The molecule has 72 valence electrons. The molecule has 0 fully saturated rings. The second-order valence-corrected chi connectivity index (χ2v) is 2.91. The van der Waals surface area contributed by atoms with Gasteiger partial charge in [0.1, 0.15) is 0 Å². The number of hydrogen-bond donors (Lipinski definition) is 2. The molecule has 0 aliphatic rings. The Balaban J connectivity index is 0.000000310. The molecule has 4 heteroatoms. The van der Waals surface area contributed by atoms with E-state index in [1.165, 1.54) is 11.1 Å². The van der Waals surface area contributed by atoms with E-state index in [9.17, 15) is 0 Å². The molecule has 3 nitrogen and oxygen atoms in total. The molecule has 13 heavy (non-hydrogen) atoms. The van der Waals surface area contributed by atoms with E-state index in [1.54, 1.807) is 0 Å². The van der Waals surface area contributed by atoms with Crippen molar-refractivity contribution in [2.75, 3.05) is 0 Å². The monoisotopic (exact) mass is 200 g/mol. The van der Waals surface area contributed by atoms with Gasteiger partial charge in [-0.05, 0) is 18.1 Å². The van der Waals surface area contributed by atoms with Gasteiger partial charge in [-0.1, -0.05) is 36.9 Å². The quantitative estimate of drug-likeness (QED) is 0.681. The predicted molar refractivity (Wildman–Crippen MR) is 54.7 cm³/mol. The van der Waals surface area contributed by atoms with Crippen molar-refractivity contribution in [1.29, 1.82) is 0 Å². The van der Waals surface area contributed by atoms with E-state index in [0.717, 1.165) is 0 Å². The summed E-state index contributed by atoms with van der Waals surface area (Å²) < 4.78 is 8.74. The number of rotatable bonds is 1. The van der Waals surface area contributed by atoms with Crippen molar-refractivity contribution in [3.8, 4) is 0 Å². The van der Waals surface area contributed by atoms with Crippen molar-refractivity contribution in [3.05, 3.63) is 42.0 Å². The molecule has 0 bridgehead atoms. The van der Waals surface area contributed by atoms with E-state index in [-0.39, 0.29) is 0 Å². The summed E-state index contributed by atoms with van der Waals surface area (Å²) in [5.41, 5.74) is 2.50. The van der Waals surface area contributed by atoms with Gasteiger partial charge in [-0.25, -0.2) is 0 Å². The Hall–Kier alpha value is -0.890. The van der Waals surface area contributed by atoms with Gasteiger partial charge in [0.05, 0.1) is 0 Å². The molecule has 0 aromatic heterocycles. The molecule has 0 aliphatic carbocycles. The van der Waals surface area contributed by atoms with Crippen molar-refractivity contribution in [3.63, 3.8) is 0 Å². The average Bonchev–Trinajstić information content (AvgIpc) is 2.04. The Bertz CT molecular complexity index is 293. The molecular weight excluding hydrogens is 187 g/mol. The Morgan fingerprint density at radius 3 is 2.15 bits per heavy atom. The van der Waals surface area contributed by atoms with Crippen molar-refractivity contribution in [2.45, 2.75) is 6.92 Å². The molecule has 0 saturated heterocycles. The van der Waals surface area contributed by atoms with Crippen LogP contribution in [0, 0.1) is 6.92 Å². The predicted octanol–water partition coefficient (Wildman–Crippen LogP) is 2.00. The second kappa shape index (κ2) is 6.61. The molecule has 1 rings (SSSR count). The first-order valence-electron chi connectivity index (χ1n) is 3.68. The van der Waals surface area contributed by atoms with Crippen LogP contribution >= 0.6 is 8.25 Å². The first kappa shape index (κ1) is 12.1. The summed E-state index contributed by atoms with van der Waals surface area (Å²) in [5.74, 6) is 0. The van der Waals surface area contributed by atoms with Crippen molar-refractivity contribution in [2.24, 2.45) is 0 Å². The lowest BCUT2D eigenvalue weighted by Crippen LogP contribution is -1.75. The average molecular weight is 200 g/mol. The lowest BCUT2D eigenvalue weighted by Gasteiger charge is -1.95. The van der Waals surface area contributed by atoms with Crippen LogP contribution < -0.4 is 0 Å². The lowest BCUT2D eigenvalue weighted by molar-refractivity contribution is 0.405. The Labute approximate surface area is 78.3 Å². The molecule has 0 atom stereocenters. The third kappa shape index (κ3) is 6.29. The van der Waals surface area contributed by atoms with Crippen LogP contribution in [0.25, 0.3) is 6.08 Å². The zero-order chi connectivity index (χ0) is 10.3. The van der Waals surface area contributed by atoms with Crippen molar-refractivity contribution in [1.82, 2.24) is 0 Å². The summed E-state index contributed by atoms with van der Waals surface area (Å²) in [5, 5.41) is 0. The molecule has 1 aromatic carbocycles. The first-order chi connectivity index (χ1) is 6.07. The van der Waals surface area contributed by atoms with Crippen molar-refractivity contribution >= 4 is 14.3 Å². The van der Waals surface area contributed by atoms with Crippen LogP contribution in [0.2, 0.25) is 0 Å². The molecule has 0 aliphatic heterocycles. The third-order valence-corrected chi connectivity index (χ3v) is 1.41. The van der Waals surface area contributed by atoms with Crippen LogP contribution in [0.3, 0.4) is 0 Å². The minimum atomic E-state index is -3.13. The molecule has 0 unspecified atom stereocenters. The van der Waals surface area contributed by atoms with Gasteiger partial charge in [0.25, 0.3) is 0 Å². The highest BCUT2D eigenvalue weighted by Crippen LogP contribution is 2.06. The molecular formula is C9H13O3P. The molecule has 0 saturated carbocycles. The number of hydrogen-bond acceptors (Lipinski definition) is 1. The fraction of sp³-hybridized carbons (Fsp3) is 0.111. The van der Waals surface area contributed by atoms with Gasteiger partial charge in [-0.3, -0.25) is 4.57 Å². The smallest absolute Gasteiger partial charge is 0.314 e. The molecule has 1 aromatic rings. The van der Waals surface area contributed by atoms with Crippen LogP contribution in [-0.4, -0.2) is 9.79 Å². The van der Waals surface area contributed by atoms with Crippen LogP contribution in [0.1, 0.15) is 11.1 Å². The highest BCUT2D eigenvalue weighted by Gasteiger charge is 1.86. The maximum Gasteiger partial charge on any atom is 0.314 e. The van der Waals surface area contributed by atoms with E-state index in [0.29, 0.717) is 0 Å². The van der Waals surface area contributed by atoms with Gasteiger partial charge in [0.2, 0.25) is 0 Å². The third-order valence-electron chi connectivity index (χ3n) is 1.41. The van der Waals surface area contributed by atoms with E-state index in [4.69, 9.17) is 14.4 Å². The summed E-state index contributed by atoms with van der Waals surface area (Å²) >= 11 is 0. The summed E-state index contributed by atoms with van der Waals surface area (Å²) in [6, 6.07) is 8.19. The molecule has 0 heterocycles. The van der Waals surface area contributed by atoms with E-state index < -0.39 is 8.25 Å². The summed E-state index contributed by atoms with van der Waals surface area (Å²) in [6.45, 7) is 5.77. The largest absolute Gasteiger partial charge is 0.326 e. The van der Waals surface area contributed by atoms with Gasteiger partial charge in [0, 0.05) is 0 Å². The van der Waals surface area contributed by atoms with Gasteiger partial charge in [-0.2, -0.15) is 0 Å². The van der Waals surface area contributed by atoms with Crippen molar-refractivity contribution < 1.29 is 14.4 Å². The Kier molecular flexibility index (Phi) is 6.15. The SMILES string of the molecule is C=Cc1ccccc1C.O=[PH](O)O. The van der Waals surface area contributed by atoms with Gasteiger partial charge in [0.15, 0.2) is 0 Å². The molecule has 0 radical (unpaired) electrons. The minimum Gasteiger partial charge on any atom is -0.326 e. The maximum atomic E-state index is 8.74. The Morgan fingerprint density at radius 1 is 1.38 bits per heavy atom. The summed E-state index contributed by atoms with van der Waals surface area (Å²) in [7, 11) is -3.13.